The van der Waals surface area contributed by atoms with Gasteiger partial charge in [-0.3, -0.25) is 0 Å². The van der Waals surface area contributed by atoms with Gasteiger partial charge >= 0.3 is 5.69 Å². The third-order valence-electron chi connectivity index (χ3n) is 3.14. The number of halogens is 1. The van der Waals surface area contributed by atoms with Crippen molar-refractivity contribution < 1.29 is 4.74 Å². The number of H-pyrrole nitrogens is 1. The number of ether oxygens (including phenoxy) is 1. The zero-order valence-corrected chi connectivity index (χ0v) is 13.2. The topological polar surface area (TPSA) is 85.7 Å². The van der Waals surface area contributed by atoms with Gasteiger partial charge in [0.1, 0.15) is 17.0 Å². The van der Waals surface area contributed by atoms with E-state index in [2.05, 4.69) is 36.4 Å². The summed E-state index contributed by atoms with van der Waals surface area (Å²) in [6.07, 6.45) is 1.58. The van der Waals surface area contributed by atoms with Crippen LogP contribution in [0, 0.1) is 6.92 Å². The SMILES string of the molecule is Cc1ccccc1OCc1c(-n2nn[nH]c2=O)ccnc1Br. The fourth-order valence-electron chi connectivity index (χ4n) is 2.01. The quantitative estimate of drug-likeness (QED) is 0.718. The summed E-state index contributed by atoms with van der Waals surface area (Å²) >= 11 is 3.38. The number of rotatable bonds is 4. The summed E-state index contributed by atoms with van der Waals surface area (Å²) in [5, 5.41) is 9.52. The Bertz CT molecular complexity index is 858. The van der Waals surface area contributed by atoms with Crippen molar-refractivity contribution in [3.63, 3.8) is 0 Å². The van der Waals surface area contributed by atoms with Gasteiger partial charge in [0.15, 0.2) is 0 Å². The highest BCUT2D eigenvalue weighted by molar-refractivity contribution is 9.10. The molecular weight excluding hydrogens is 350 g/mol. The molecule has 3 rings (SSSR count). The number of hydrogen-bond acceptors (Lipinski definition) is 5. The van der Waals surface area contributed by atoms with Crippen LogP contribution in [0.1, 0.15) is 11.1 Å². The summed E-state index contributed by atoms with van der Waals surface area (Å²) < 4.78 is 7.60. The molecule has 0 radical (unpaired) electrons. The fraction of sp³-hybridized carbons (Fsp3) is 0.143. The van der Waals surface area contributed by atoms with Gasteiger partial charge in [-0.25, -0.2) is 14.9 Å². The normalized spacial score (nSPS) is 10.6. The van der Waals surface area contributed by atoms with Crippen LogP contribution in [-0.4, -0.2) is 25.2 Å². The number of benzene rings is 1. The zero-order valence-electron chi connectivity index (χ0n) is 11.7. The van der Waals surface area contributed by atoms with Crippen LogP contribution in [-0.2, 0) is 6.61 Å². The van der Waals surface area contributed by atoms with Gasteiger partial charge in [0, 0.05) is 11.8 Å². The van der Waals surface area contributed by atoms with Crippen molar-refractivity contribution in [3.8, 4) is 11.4 Å². The Kier molecular flexibility index (Phi) is 4.01. The number of pyridine rings is 1. The maximum Gasteiger partial charge on any atom is 0.365 e. The van der Waals surface area contributed by atoms with Gasteiger partial charge in [-0.15, -0.1) is 0 Å². The van der Waals surface area contributed by atoms with Crippen LogP contribution in [0.2, 0.25) is 0 Å². The Labute approximate surface area is 134 Å². The van der Waals surface area contributed by atoms with E-state index >= 15 is 0 Å². The zero-order chi connectivity index (χ0) is 15.5. The summed E-state index contributed by atoms with van der Waals surface area (Å²) in [5.74, 6) is 0.775. The molecule has 112 valence electrons. The predicted octanol–water partition coefficient (Wildman–Crippen LogP) is 2.00. The molecule has 8 heteroatoms. The number of para-hydroxylation sites is 1. The number of tetrazole rings is 1. The third-order valence-corrected chi connectivity index (χ3v) is 3.83. The summed E-state index contributed by atoms with van der Waals surface area (Å²) in [7, 11) is 0. The van der Waals surface area contributed by atoms with Crippen LogP contribution in [0.15, 0.2) is 45.9 Å². The van der Waals surface area contributed by atoms with Crippen LogP contribution in [0.25, 0.3) is 5.69 Å². The van der Waals surface area contributed by atoms with Crippen molar-refractivity contribution in [2.75, 3.05) is 0 Å². The van der Waals surface area contributed by atoms with Crippen LogP contribution in [0.5, 0.6) is 5.75 Å². The highest BCUT2D eigenvalue weighted by Crippen LogP contribution is 2.24. The van der Waals surface area contributed by atoms with Gasteiger partial charge in [0.25, 0.3) is 0 Å². The Balaban J connectivity index is 1.96. The number of nitrogens with zero attached hydrogens (tertiary/aromatic N) is 4. The number of nitrogens with one attached hydrogen (secondary N) is 1. The van der Waals surface area contributed by atoms with Gasteiger partial charge in [-0.05, 0) is 51.0 Å². The predicted molar refractivity (Wildman–Crippen MR) is 83.0 cm³/mol. The average molecular weight is 362 g/mol. The van der Waals surface area contributed by atoms with Crippen molar-refractivity contribution in [1.82, 2.24) is 25.2 Å². The molecule has 0 unspecified atom stereocenters. The summed E-state index contributed by atoms with van der Waals surface area (Å²) in [6, 6.07) is 9.40. The second-order valence-corrected chi connectivity index (χ2v) is 5.32. The lowest BCUT2D eigenvalue weighted by molar-refractivity contribution is 0.302. The van der Waals surface area contributed by atoms with Crippen LogP contribution < -0.4 is 10.4 Å². The smallest absolute Gasteiger partial charge is 0.365 e. The van der Waals surface area contributed by atoms with E-state index in [9.17, 15) is 4.79 Å². The maximum atomic E-state index is 11.7. The van der Waals surface area contributed by atoms with Crippen molar-refractivity contribution in [2.45, 2.75) is 13.5 Å². The van der Waals surface area contributed by atoms with E-state index in [0.29, 0.717) is 15.9 Å². The molecule has 0 aliphatic carbocycles. The minimum atomic E-state index is -0.421. The van der Waals surface area contributed by atoms with Crippen LogP contribution in [0.4, 0.5) is 0 Å². The molecule has 2 aromatic heterocycles. The molecule has 0 bridgehead atoms. The molecule has 7 nitrogen and oxygen atoms in total. The van der Waals surface area contributed by atoms with Crippen molar-refractivity contribution >= 4 is 15.9 Å². The highest BCUT2D eigenvalue weighted by atomic mass is 79.9. The third kappa shape index (κ3) is 2.77. The fourth-order valence-corrected chi connectivity index (χ4v) is 2.45. The van der Waals surface area contributed by atoms with Gasteiger partial charge in [-0.2, -0.15) is 4.68 Å². The standard InChI is InChI=1S/C14H12BrN5O2/c1-9-4-2-3-5-12(9)22-8-10-11(6-7-16-13(10)15)20-14(21)17-18-19-20/h2-7H,8H2,1H3,(H,17,19,21). The molecule has 0 atom stereocenters. The molecule has 3 aromatic rings. The molecule has 0 aliphatic heterocycles. The van der Waals surface area contributed by atoms with Gasteiger partial charge in [-0.1, -0.05) is 18.2 Å². The number of aromatic amines is 1. The molecule has 0 aliphatic rings. The Morgan fingerprint density at radius 2 is 2.14 bits per heavy atom. The molecule has 0 fully saturated rings. The van der Waals surface area contributed by atoms with E-state index in [-0.39, 0.29) is 6.61 Å². The Morgan fingerprint density at radius 1 is 1.32 bits per heavy atom. The van der Waals surface area contributed by atoms with Gasteiger partial charge in [0.05, 0.1) is 5.69 Å². The Hall–Kier alpha value is -2.48. The van der Waals surface area contributed by atoms with E-state index in [4.69, 9.17) is 4.74 Å². The lowest BCUT2D eigenvalue weighted by atomic mass is 10.2. The monoisotopic (exact) mass is 361 g/mol. The lowest BCUT2D eigenvalue weighted by Gasteiger charge is -2.12. The van der Waals surface area contributed by atoms with E-state index in [1.807, 2.05) is 31.2 Å². The van der Waals surface area contributed by atoms with Crippen molar-refractivity contribution in [1.29, 1.82) is 0 Å². The summed E-state index contributed by atoms with van der Waals surface area (Å²) in [5.41, 5.74) is 1.88. The van der Waals surface area contributed by atoms with Crippen LogP contribution >= 0.6 is 15.9 Å². The van der Waals surface area contributed by atoms with Gasteiger partial charge in [0.2, 0.25) is 0 Å². The molecule has 0 saturated carbocycles. The number of aryl methyl sites for hydroxylation is 1. The van der Waals surface area contributed by atoms with Crippen LogP contribution in [0.3, 0.4) is 0 Å². The molecular formula is C14H12BrN5O2. The second kappa shape index (κ2) is 6.10. The second-order valence-electron chi connectivity index (χ2n) is 4.57. The average Bonchev–Trinajstić information content (AvgIpc) is 2.93. The first-order valence-corrected chi connectivity index (χ1v) is 7.28. The van der Waals surface area contributed by atoms with Gasteiger partial charge < -0.3 is 4.74 Å². The molecule has 1 N–H and O–H groups in total. The highest BCUT2D eigenvalue weighted by Gasteiger charge is 2.14. The molecule has 0 spiro atoms. The minimum absolute atomic E-state index is 0.244. The van der Waals surface area contributed by atoms with E-state index in [1.54, 1.807) is 12.3 Å². The van der Waals surface area contributed by atoms with Crippen molar-refractivity contribution in [3.05, 3.63) is 62.7 Å². The van der Waals surface area contributed by atoms with E-state index < -0.39 is 5.69 Å². The number of aromatic nitrogens is 5. The van der Waals surface area contributed by atoms with E-state index in [0.717, 1.165) is 11.3 Å². The molecule has 2 heterocycles. The summed E-state index contributed by atoms with van der Waals surface area (Å²) in [6.45, 7) is 2.21. The Morgan fingerprint density at radius 3 is 2.86 bits per heavy atom. The molecule has 0 amide bonds. The van der Waals surface area contributed by atoms with E-state index in [1.165, 1.54) is 4.68 Å². The number of hydrogen-bond donors (Lipinski definition) is 1. The first kappa shape index (κ1) is 14.5. The largest absolute Gasteiger partial charge is 0.488 e. The molecule has 22 heavy (non-hydrogen) atoms. The maximum absolute atomic E-state index is 11.7. The first-order valence-electron chi connectivity index (χ1n) is 6.49. The minimum Gasteiger partial charge on any atom is -0.488 e. The molecule has 0 saturated heterocycles. The first-order chi connectivity index (χ1) is 10.7. The molecule has 1 aromatic carbocycles. The lowest BCUT2D eigenvalue weighted by Crippen LogP contribution is -2.18. The summed E-state index contributed by atoms with van der Waals surface area (Å²) in [4.78, 5) is 15.9. The van der Waals surface area contributed by atoms with Crippen molar-refractivity contribution in [2.24, 2.45) is 0 Å².